The van der Waals surface area contributed by atoms with Gasteiger partial charge in [-0.2, -0.15) is 0 Å². The van der Waals surface area contributed by atoms with Crippen LogP contribution in [0.25, 0.3) is 5.69 Å². The number of piperidine rings is 1. The van der Waals surface area contributed by atoms with Gasteiger partial charge in [0.1, 0.15) is 11.9 Å². The predicted octanol–water partition coefficient (Wildman–Crippen LogP) is 5.24. The van der Waals surface area contributed by atoms with Crippen LogP contribution in [-0.2, 0) is 16.3 Å². The fraction of sp³-hybridized carbons (Fsp3) is 0.379. The number of aromatic nitrogens is 1. The SMILES string of the molecule is CCCCCc1ccc(C2CC(Oc3ccn(-c4ccc(S(C)(=O)=O)cc4)c(=O)c3)CCN2C(=O)O)cc1. The molecule has 202 valence electrons. The van der Waals surface area contributed by atoms with Gasteiger partial charge in [0.15, 0.2) is 9.84 Å². The highest BCUT2D eigenvalue weighted by Crippen LogP contribution is 2.33. The van der Waals surface area contributed by atoms with Crippen LogP contribution in [-0.4, -0.2) is 48.0 Å². The summed E-state index contributed by atoms with van der Waals surface area (Å²) in [6, 6.07) is 17.1. The van der Waals surface area contributed by atoms with Gasteiger partial charge in [-0.3, -0.25) is 9.36 Å². The molecule has 4 rings (SSSR count). The fourth-order valence-electron chi connectivity index (χ4n) is 4.86. The maximum absolute atomic E-state index is 12.8. The molecule has 1 aromatic heterocycles. The number of ether oxygens (including phenoxy) is 1. The normalized spacial score (nSPS) is 17.8. The van der Waals surface area contributed by atoms with Crippen molar-refractivity contribution in [3.05, 3.63) is 88.3 Å². The summed E-state index contributed by atoms with van der Waals surface area (Å²) < 4.78 is 31.0. The van der Waals surface area contributed by atoms with Crippen molar-refractivity contribution >= 4 is 15.9 Å². The molecule has 2 heterocycles. The molecule has 2 unspecified atom stereocenters. The zero-order valence-electron chi connectivity index (χ0n) is 21.7. The Labute approximate surface area is 223 Å². The first-order valence-corrected chi connectivity index (χ1v) is 14.8. The van der Waals surface area contributed by atoms with Crippen LogP contribution in [0.4, 0.5) is 4.79 Å². The average Bonchev–Trinajstić information content (AvgIpc) is 2.89. The molecule has 9 heteroatoms. The molecule has 38 heavy (non-hydrogen) atoms. The zero-order chi connectivity index (χ0) is 27.3. The lowest BCUT2D eigenvalue weighted by Gasteiger charge is -2.38. The van der Waals surface area contributed by atoms with E-state index in [1.165, 1.54) is 46.1 Å². The summed E-state index contributed by atoms with van der Waals surface area (Å²) in [5.74, 6) is 0.415. The number of likely N-dealkylation sites (tertiary alicyclic amines) is 1. The molecule has 1 aliphatic rings. The standard InChI is InChI=1S/C29H34N2O6S/c1-3-4-5-6-21-7-9-22(10-8-21)27-19-24(16-18-31(27)29(33)34)37-25-15-17-30(28(32)20-25)23-11-13-26(14-12-23)38(2,35)36/h7-15,17,20,24,27H,3-6,16,18-19H2,1-2H3,(H,33,34). The summed E-state index contributed by atoms with van der Waals surface area (Å²) in [5, 5.41) is 9.79. The molecule has 0 saturated carbocycles. The van der Waals surface area contributed by atoms with Crippen LogP contribution in [0.2, 0.25) is 0 Å². The van der Waals surface area contributed by atoms with Gasteiger partial charge in [0.25, 0.3) is 5.56 Å². The van der Waals surface area contributed by atoms with Crippen LogP contribution in [0.1, 0.15) is 56.2 Å². The second kappa shape index (κ2) is 11.9. The Balaban J connectivity index is 1.47. The van der Waals surface area contributed by atoms with Crippen LogP contribution < -0.4 is 10.3 Å². The van der Waals surface area contributed by atoms with E-state index >= 15 is 0 Å². The number of rotatable bonds is 9. The number of amides is 1. The molecule has 1 saturated heterocycles. The number of nitrogens with zero attached hydrogens (tertiary/aromatic N) is 2. The highest BCUT2D eigenvalue weighted by molar-refractivity contribution is 7.90. The molecule has 1 N–H and O–H groups in total. The van der Waals surface area contributed by atoms with Gasteiger partial charge >= 0.3 is 6.09 Å². The number of unbranched alkanes of at least 4 members (excludes halogenated alkanes) is 2. The Morgan fingerprint density at radius 2 is 1.76 bits per heavy atom. The summed E-state index contributed by atoms with van der Waals surface area (Å²) >= 11 is 0. The van der Waals surface area contributed by atoms with Gasteiger partial charge in [-0.1, -0.05) is 44.0 Å². The van der Waals surface area contributed by atoms with Crippen LogP contribution in [0.15, 0.2) is 76.6 Å². The lowest BCUT2D eigenvalue weighted by molar-refractivity contribution is 0.0538. The molecule has 1 amide bonds. The number of sulfone groups is 1. The number of hydrogen-bond donors (Lipinski definition) is 1. The van der Waals surface area contributed by atoms with Crippen molar-refractivity contribution in [3.8, 4) is 11.4 Å². The molecule has 0 spiro atoms. The fourth-order valence-corrected chi connectivity index (χ4v) is 5.49. The van der Waals surface area contributed by atoms with E-state index in [2.05, 4.69) is 19.1 Å². The van der Waals surface area contributed by atoms with E-state index in [4.69, 9.17) is 4.74 Å². The number of benzene rings is 2. The van der Waals surface area contributed by atoms with Crippen LogP contribution >= 0.6 is 0 Å². The van der Waals surface area contributed by atoms with E-state index in [0.29, 0.717) is 30.8 Å². The second-order valence-electron chi connectivity index (χ2n) is 9.79. The third kappa shape index (κ3) is 6.64. The first-order valence-electron chi connectivity index (χ1n) is 12.9. The number of carbonyl (C=O) groups is 1. The summed E-state index contributed by atoms with van der Waals surface area (Å²) in [5.41, 5.74) is 2.42. The van der Waals surface area contributed by atoms with Crippen molar-refractivity contribution in [1.82, 2.24) is 9.47 Å². The van der Waals surface area contributed by atoms with Crippen molar-refractivity contribution in [2.45, 2.75) is 62.5 Å². The maximum atomic E-state index is 12.8. The molecule has 1 fully saturated rings. The first-order chi connectivity index (χ1) is 18.2. The molecule has 3 aromatic rings. The van der Waals surface area contributed by atoms with Crippen molar-refractivity contribution in [2.24, 2.45) is 0 Å². The van der Waals surface area contributed by atoms with E-state index < -0.39 is 15.9 Å². The molecule has 2 atom stereocenters. The minimum Gasteiger partial charge on any atom is -0.490 e. The Morgan fingerprint density at radius 1 is 1.05 bits per heavy atom. The van der Waals surface area contributed by atoms with E-state index in [1.54, 1.807) is 24.4 Å². The van der Waals surface area contributed by atoms with Gasteiger partial charge in [-0.25, -0.2) is 13.2 Å². The monoisotopic (exact) mass is 538 g/mol. The molecule has 0 bridgehead atoms. The topological polar surface area (TPSA) is 106 Å². The minimum atomic E-state index is -3.32. The Hall–Kier alpha value is -3.59. The Kier molecular flexibility index (Phi) is 8.56. The molecule has 1 aliphatic heterocycles. The minimum absolute atomic E-state index is 0.183. The van der Waals surface area contributed by atoms with Gasteiger partial charge in [0.05, 0.1) is 10.9 Å². The van der Waals surface area contributed by atoms with Crippen molar-refractivity contribution in [1.29, 1.82) is 0 Å². The van der Waals surface area contributed by atoms with Gasteiger partial charge in [-0.15, -0.1) is 0 Å². The van der Waals surface area contributed by atoms with Crippen molar-refractivity contribution in [3.63, 3.8) is 0 Å². The maximum Gasteiger partial charge on any atom is 0.407 e. The average molecular weight is 539 g/mol. The summed E-state index contributed by atoms with van der Waals surface area (Å²) in [6.45, 7) is 2.52. The van der Waals surface area contributed by atoms with Crippen LogP contribution in [0.5, 0.6) is 5.75 Å². The number of aryl methyl sites for hydroxylation is 1. The van der Waals surface area contributed by atoms with Crippen LogP contribution in [0, 0.1) is 0 Å². The largest absolute Gasteiger partial charge is 0.490 e. The van der Waals surface area contributed by atoms with Gasteiger partial charge in [0.2, 0.25) is 0 Å². The predicted molar refractivity (Wildman–Crippen MR) is 146 cm³/mol. The highest BCUT2D eigenvalue weighted by Gasteiger charge is 2.33. The molecule has 2 aromatic carbocycles. The smallest absolute Gasteiger partial charge is 0.407 e. The lowest BCUT2D eigenvalue weighted by atomic mass is 9.92. The molecule has 0 radical (unpaired) electrons. The van der Waals surface area contributed by atoms with Crippen molar-refractivity contribution < 1.29 is 23.1 Å². The van der Waals surface area contributed by atoms with Gasteiger partial charge in [-0.05, 0) is 54.3 Å². The number of carboxylic acid groups (broad SMARTS) is 1. The molecular formula is C29H34N2O6S. The lowest BCUT2D eigenvalue weighted by Crippen LogP contribution is -2.43. The molecule has 8 nitrogen and oxygen atoms in total. The van der Waals surface area contributed by atoms with Gasteiger partial charge < -0.3 is 14.7 Å². The van der Waals surface area contributed by atoms with E-state index in [0.717, 1.165) is 24.7 Å². The van der Waals surface area contributed by atoms with Crippen LogP contribution in [0.3, 0.4) is 0 Å². The Morgan fingerprint density at radius 3 is 2.37 bits per heavy atom. The van der Waals surface area contributed by atoms with Crippen molar-refractivity contribution in [2.75, 3.05) is 12.8 Å². The summed E-state index contributed by atoms with van der Waals surface area (Å²) in [6.07, 6.45) is 7.05. The molecular weight excluding hydrogens is 504 g/mol. The van der Waals surface area contributed by atoms with E-state index in [1.807, 2.05) is 12.1 Å². The van der Waals surface area contributed by atoms with Gasteiger partial charge in [0, 0.05) is 43.6 Å². The summed E-state index contributed by atoms with van der Waals surface area (Å²) in [7, 11) is -3.32. The zero-order valence-corrected chi connectivity index (χ0v) is 22.6. The summed E-state index contributed by atoms with van der Waals surface area (Å²) in [4.78, 5) is 26.4. The second-order valence-corrected chi connectivity index (χ2v) is 11.8. The molecule has 0 aliphatic carbocycles. The number of hydrogen-bond acceptors (Lipinski definition) is 5. The first kappa shape index (κ1) is 27.4. The Bertz CT molecular complexity index is 1410. The highest BCUT2D eigenvalue weighted by atomic mass is 32.2. The third-order valence-electron chi connectivity index (χ3n) is 6.97. The third-order valence-corrected chi connectivity index (χ3v) is 8.10. The quantitative estimate of drug-likeness (QED) is 0.374. The van der Waals surface area contributed by atoms with E-state index in [-0.39, 0.29) is 22.6 Å². The van der Waals surface area contributed by atoms with E-state index in [9.17, 15) is 23.1 Å². The number of pyridine rings is 1.